The molecule has 1 N–H and O–H groups in total. The summed E-state index contributed by atoms with van der Waals surface area (Å²) in [4.78, 5) is 8.12. The average Bonchev–Trinajstić information content (AvgIpc) is 2.99. The Labute approximate surface area is 130 Å². The van der Waals surface area contributed by atoms with Crippen LogP contribution in [0.5, 0.6) is 0 Å². The van der Waals surface area contributed by atoms with Crippen molar-refractivity contribution in [1.29, 1.82) is 0 Å². The van der Waals surface area contributed by atoms with Gasteiger partial charge in [0.05, 0.1) is 5.75 Å². The standard InChI is InChI=1S/C14H21N5O2S/c1-3-5-12(2)9-22(20,21)18-8-13-6-4-7-16-14(13)19-11-15-10-17-19/h4,6-7,10-12,18H,3,5,8-9H2,1-2H3/t12-/m0/s1. The highest BCUT2D eigenvalue weighted by molar-refractivity contribution is 7.89. The molecule has 2 heterocycles. The van der Waals surface area contributed by atoms with Gasteiger partial charge in [0.25, 0.3) is 0 Å². The van der Waals surface area contributed by atoms with Crippen molar-refractivity contribution < 1.29 is 8.42 Å². The Bertz CT molecular complexity index is 685. The molecule has 0 aliphatic rings. The summed E-state index contributed by atoms with van der Waals surface area (Å²) in [5, 5.41) is 4.03. The second kappa shape index (κ2) is 7.46. The third-order valence-corrected chi connectivity index (χ3v) is 4.86. The molecule has 0 aliphatic heterocycles. The van der Waals surface area contributed by atoms with Gasteiger partial charge in [-0.25, -0.2) is 27.8 Å². The first-order valence-electron chi connectivity index (χ1n) is 7.28. The number of rotatable bonds is 8. The summed E-state index contributed by atoms with van der Waals surface area (Å²) in [7, 11) is -3.31. The van der Waals surface area contributed by atoms with Crippen molar-refractivity contribution in [2.75, 3.05) is 5.75 Å². The molecule has 0 saturated heterocycles. The van der Waals surface area contributed by atoms with E-state index in [0.717, 1.165) is 18.4 Å². The lowest BCUT2D eigenvalue weighted by Gasteiger charge is -2.13. The Morgan fingerprint density at radius 1 is 1.41 bits per heavy atom. The van der Waals surface area contributed by atoms with E-state index < -0.39 is 10.0 Å². The van der Waals surface area contributed by atoms with Crippen LogP contribution in [0, 0.1) is 5.92 Å². The number of pyridine rings is 1. The SMILES string of the molecule is CCC[C@H](C)CS(=O)(=O)NCc1cccnc1-n1cncn1. The molecule has 1 atom stereocenters. The maximum absolute atomic E-state index is 12.1. The second-order valence-electron chi connectivity index (χ2n) is 5.32. The van der Waals surface area contributed by atoms with Crippen molar-refractivity contribution >= 4 is 10.0 Å². The molecule has 0 saturated carbocycles. The normalized spacial score (nSPS) is 13.2. The van der Waals surface area contributed by atoms with Crippen molar-refractivity contribution in [3.8, 4) is 5.82 Å². The highest BCUT2D eigenvalue weighted by atomic mass is 32.2. The molecule has 120 valence electrons. The molecular formula is C14H21N5O2S. The Kier molecular flexibility index (Phi) is 5.62. The zero-order valence-corrected chi connectivity index (χ0v) is 13.6. The molecule has 0 radical (unpaired) electrons. The quantitative estimate of drug-likeness (QED) is 0.795. The van der Waals surface area contributed by atoms with Gasteiger partial charge in [-0.05, 0) is 18.4 Å². The lowest BCUT2D eigenvalue weighted by Crippen LogP contribution is -2.29. The largest absolute Gasteiger partial charge is 0.237 e. The Morgan fingerprint density at radius 2 is 2.23 bits per heavy atom. The van der Waals surface area contributed by atoms with Gasteiger partial charge in [-0.1, -0.05) is 26.3 Å². The van der Waals surface area contributed by atoms with Gasteiger partial charge in [0.15, 0.2) is 5.82 Å². The summed E-state index contributed by atoms with van der Waals surface area (Å²) < 4.78 is 28.4. The minimum Gasteiger partial charge on any atom is -0.237 e. The third-order valence-electron chi connectivity index (χ3n) is 3.27. The van der Waals surface area contributed by atoms with Crippen molar-refractivity contribution in [3.63, 3.8) is 0 Å². The molecule has 0 spiro atoms. The summed E-state index contributed by atoms with van der Waals surface area (Å²) in [5.41, 5.74) is 0.750. The fraction of sp³-hybridized carbons (Fsp3) is 0.500. The first-order valence-corrected chi connectivity index (χ1v) is 8.93. The molecule has 0 aromatic carbocycles. The maximum Gasteiger partial charge on any atom is 0.212 e. The first-order chi connectivity index (χ1) is 10.5. The van der Waals surface area contributed by atoms with Gasteiger partial charge in [0, 0.05) is 18.3 Å². The van der Waals surface area contributed by atoms with Gasteiger partial charge in [0.2, 0.25) is 10.0 Å². The molecule has 0 fully saturated rings. The van der Waals surface area contributed by atoms with Crippen LogP contribution in [0.1, 0.15) is 32.3 Å². The number of nitrogens with one attached hydrogen (secondary N) is 1. The third kappa shape index (κ3) is 4.60. The smallest absolute Gasteiger partial charge is 0.212 e. The number of hydrogen-bond donors (Lipinski definition) is 1. The predicted octanol–water partition coefficient (Wildman–Crippen LogP) is 1.52. The molecule has 7 nitrogen and oxygen atoms in total. The maximum atomic E-state index is 12.1. The van der Waals surface area contributed by atoms with E-state index >= 15 is 0 Å². The van der Waals surface area contributed by atoms with E-state index in [1.54, 1.807) is 12.3 Å². The van der Waals surface area contributed by atoms with E-state index in [9.17, 15) is 8.42 Å². The van der Waals surface area contributed by atoms with E-state index in [0.29, 0.717) is 5.82 Å². The molecule has 2 rings (SSSR count). The molecular weight excluding hydrogens is 302 g/mol. The van der Waals surface area contributed by atoms with E-state index in [-0.39, 0.29) is 18.2 Å². The minimum atomic E-state index is -3.31. The molecule has 0 bridgehead atoms. The average molecular weight is 323 g/mol. The van der Waals surface area contributed by atoms with Gasteiger partial charge in [0.1, 0.15) is 12.7 Å². The van der Waals surface area contributed by atoms with Crippen LogP contribution in [0.4, 0.5) is 0 Å². The Hall–Kier alpha value is -1.80. The number of hydrogen-bond acceptors (Lipinski definition) is 5. The van der Waals surface area contributed by atoms with Gasteiger partial charge < -0.3 is 0 Å². The van der Waals surface area contributed by atoms with E-state index in [1.165, 1.54) is 17.3 Å². The van der Waals surface area contributed by atoms with Gasteiger partial charge >= 0.3 is 0 Å². The molecule has 2 aromatic rings. The van der Waals surface area contributed by atoms with E-state index in [1.807, 2.05) is 13.0 Å². The van der Waals surface area contributed by atoms with Gasteiger partial charge in [-0.2, -0.15) is 5.10 Å². The topological polar surface area (TPSA) is 89.8 Å². The predicted molar refractivity (Wildman–Crippen MR) is 83.9 cm³/mol. The molecule has 0 unspecified atom stereocenters. The summed E-state index contributed by atoms with van der Waals surface area (Å²) in [6.07, 6.45) is 6.46. The molecule has 0 aliphatic carbocycles. The van der Waals surface area contributed by atoms with Gasteiger partial charge in [-0.15, -0.1) is 0 Å². The minimum absolute atomic E-state index is 0.139. The Balaban J connectivity index is 2.06. The number of aromatic nitrogens is 4. The zero-order valence-electron chi connectivity index (χ0n) is 12.8. The van der Waals surface area contributed by atoms with Crippen LogP contribution in [0.3, 0.4) is 0 Å². The lowest BCUT2D eigenvalue weighted by molar-refractivity contribution is 0.536. The van der Waals surface area contributed by atoms with Crippen molar-refractivity contribution in [3.05, 3.63) is 36.5 Å². The van der Waals surface area contributed by atoms with E-state index in [2.05, 4.69) is 26.7 Å². The Morgan fingerprint density at radius 3 is 2.91 bits per heavy atom. The van der Waals surface area contributed by atoms with E-state index in [4.69, 9.17) is 0 Å². The fourth-order valence-electron chi connectivity index (χ4n) is 2.29. The number of sulfonamides is 1. The van der Waals surface area contributed by atoms with Crippen LogP contribution in [-0.2, 0) is 16.6 Å². The first kappa shape index (κ1) is 16.6. The van der Waals surface area contributed by atoms with Crippen molar-refractivity contribution in [2.24, 2.45) is 5.92 Å². The summed E-state index contributed by atoms with van der Waals surface area (Å²) in [6.45, 7) is 4.19. The second-order valence-corrected chi connectivity index (χ2v) is 7.17. The highest BCUT2D eigenvalue weighted by Gasteiger charge is 2.16. The molecule has 2 aromatic heterocycles. The van der Waals surface area contributed by atoms with Crippen LogP contribution >= 0.6 is 0 Å². The van der Waals surface area contributed by atoms with Crippen LogP contribution in [0.15, 0.2) is 31.0 Å². The molecule has 8 heteroatoms. The monoisotopic (exact) mass is 323 g/mol. The van der Waals surface area contributed by atoms with Crippen molar-refractivity contribution in [1.82, 2.24) is 24.5 Å². The van der Waals surface area contributed by atoms with Crippen LogP contribution in [0.25, 0.3) is 5.82 Å². The fourth-order valence-corrected chi connectivity index (χ4v) is 3.70. The highest BCUT2D eigenvalue weighted by Crippen LogP contribution is 2.11. The summed E-state index contributed by atoms with van der Waals surface area (Å²) in [5.74, 6) is 0.857. The zero-order chi connectivity index (χ0) is 16.0. The molecule has 0 amide bonds. The van der Waals surface area contributed by atoms with Crippen LogP contribution in [0.2, 0.25) is 0 Å². The molecule has 22 heavy (non-hydrogen) atoms. The van der Waals surface area contributed by atoms with Crippen LogP contribution < -0.4 is 4.72 Å². The van der Waals surface area contributed by atoms with Crippen molar-refractivity contribution in [2.45, 2.75) is 33.2 Å². The lowest BCUT2D eigenvalue weighted by atomic mass is 10.1. The summed E-state index contributed by atoms with van der Waals surface area (Å²) >= 11 is 0. The van der Waals surface area contributed by atoms with Gasteiger partial charge in [-0.3, -0.25) is 0 Å². The summed E-state index contributed by atoms with van der Waals surface area (Å²) in [6, 6.07) is 3.59. The van der Waals surface area contributed by atoms with Crippen LogP contribution in [-0.4, -0.2) is 33.9 Å². The number of nitrogens with zero attached hydrogens (tertiary/aromatic N) is 4.